The van der Waals surface area contributed by atoms with Crippen molar-refractivity contribution in [2.75, 3.05) is 12.8 Å². The summed E-state index contributed by atoms with van der Waals surface area (Å²) in [4.78, 5) is 0. The molecule has 0 saturated carbocycles. The number of hydrogen-bond donors (Lipinski definition) is 1. The molecular weight excluding hydrogens is 457 g/mol. The molecular formula is C18H14BrCl2N3O3. The van der Waals surface area contributed by atoms with Crippen LogP contribution in [0, 0.1) is 0 Å². The van der Waals surface area contributed by atoms with E-state index in [-0.39, 0.29) is 12.6 Å². The van der Waals surface area contributed by atoms with Crippen LogP contribution < -0.4 is 15.2 Å². The maximum absolute atomic E-state index is 6.19. The van der Waals surface area contributed by atoms with Crippen LogP contribution in [0.25, 0.3) is 12.2 Å². The normalized spacial score (nSPS) is 11.1. The van der Waals surface area contributed by atoms with Gasteiger partial charge in [0, 0.05) is 21.7 Å². The second-order valence-electron chi connectivity index (χ2n) is 5.37. The summed E-state index contributed by atoms with van der Waals surface area (Å²) in [5.41, 5.74) is 7.06. The number of hydrogen-bond acceptors (Lipinski definition) is 6. The highest BCUT2D eigenvalue weighted by Crippen LogP contribution is 2.38. The highest BCUT2D eigenvalue weighted by molar-refractivity contribution is 9.10. The van der Waals surface area contributed by atoms with Crippen LogP contribution in [0.15, 0.2) is 39.2 Å². The smallest absolute Gasteiger partial charge is 0.313 e. The van der Waals surface area contributed by atoms with Crippen molar-refractivity contribution in [2.24, 2.45) is 0 Å². The third-order valence-corrected chi connectivity index (χ3v) is 4.69. The molecule has 0 unspecified atom stereocenters. The zero-order valence-electron chi connectivity index (χ0n) is 14.1. The van der Waals surface area contributed by atoms with Crippen molar-refractivity contribution in [3.8, 4) is 11.5 Å². The fourth-order valence-corrected chi connectivity index (χ4v) is 3.28. The average molecular weight is 471 g/mol. The third-order valence-electron chi connectivity index (χ3n) is 3.51. The van der Waals surface area contributed by atoms with E-state index in [1.807, 2.05) is 18.2 Å². The number of halogens is 3. The first-order valence-corrected chi connectivity index (χ1v) is 9.22. The second-order valence-corrected chi connectivity index (χ2v) is 7.07. The van der Waals surface area contributed by atoms with Crippen molar-refractivity contribution in [2.45, 2.75) is 6.61 Å². The van der Waals surface area contributed by atoms with Gasteiger partial charge in [0.2, 0.25) is 5.89 Å². The first-order valence-electron chi connectivity index (χ1n) is 7.67. The number of methoxy groups -OCH3 is 1. The third kappa shape index (κ3) is 4.94. The molecule has 0 fully saturated rings. The number of benzene rings is 2. The molecule has 0 aliphatic heterocycles. The molecule has 1 aromatic heterocycles. The van der Waals surface area contributed by atoms with Crippen molar-refractivity contribution in [1.82, 2.24) is 10.2 Å². The number of ether oxygens (including phenoxy) is 2. The minimum atomic E-state index is 0.0121. The molecule has 1 heterocycles. The summed E-state index contributed by atoms with van der Waals surface area (Å²) in [6.45, 7) is 0.265. The first-order chi connectivity index (χ1) is 13.0. The summed E-state index contributed by atoms with van der Waals surface area (Å²) >= 11 is 15.6. The molecule has 0 saturated heterocycles. The highest BCUT2D eigenvalue weighted by Gasteiger charge is 2.12. The van der Waals surface area contributed by atoms with E-state index >= 15 is 0 Å². The average Bonchev–Trinajstić information content (AvgIpc) is 3.05. The highest BCUT2D eigenvalue weighted by atomic mass is 79.9. The summed E-state index contributed by atoms with van der Waals surface area (Å²) in [5, 5.41) is 8.48. The predicted octanol–water partition coefficient (Wildman–Crippen LogP) is 5.48. The fourth-order valence-electron chi connectivity index (χ4n) is 2.25. The van der Waals surface area contributed by atoms with Crippen molar-refractivity contribution >= 4 is 57.3 Å². The Hall–Kier alpha value is -2.22. The predicted molar refractivity (Wildman–Crippen MR) is 109 cm³/mol. The molecule has 6 nitrogen and oxygen atoms in total. The molecule has 27 heavy (non-hydrogen) atoms. The Labute approximate surface area is 174 Å². The Kier molecular flexibility index (Phi) is 6.26. The molecule has 3 rings (SSSR count). The van der Waals surface area contributed by atoms with Gasteiger partial charge < -0.3 is 19.6 Å². The number of nitrogen functional groups attached to an aromatic ring is 1. The van der Waals surface area contributed by atoms with E-state index in [0.29, 0.717) is 27.4 Å². The number of aromatic nitrogens is 2. The van der Waals surface area contributed by atoms with Gasteiger partial charge in [0.05, 0.1) is 11.6 Å². The van der Waals surface area contributed by atoms with Crippen molar-refractivity contribution in [3.05, 3.63) is 61.9 Å². The van der Waals surface area contributed by atoms with Gasteiger partial charge in [-0.1, -0.05) is 34.4 Å². The van der Waals surface area contributed by atoms with Crippen LogP contribution in [-0.4, -0.2) is 17.3 Å². The van der Waals surface area contributed by atoms with Crippen molar-refractivity contribution in [1.29, 1.82) is 0 Å². The molecule has 0 radical (unpaired) electrons. The molecule has 9 heteroatoms. The van der Waals surface area contributed by atoms with E-state index in [1.165, 1.54) is 0 Å². The number of anilines is 1. The molecule has 2 aromatic carbocycles. The van der Waals surface area contributed by atoms with Crippen molar-refractivity contribution in [3.63, 3.8) is 0 Å². The van der Waals surface area contributed by atoms with Crippen LogP contribution in [0.2, 0.25) is 10.0 Å². The SMILES string of the molecule is COc1cc(/C=C/c2nnc(N)o2)cc(Br)c1OCc1ccc(Cl)cc1Cl. The van der Waals surface area contributed by atoms with E-state index in [4.69, 9.17) is 42.8 Å². The van der Waals surface area contributed by atoms with Crippen LogP contribution in [0.3, 0.4) is 0 Å². The maximum Gasteiger partial charge on any atom is 0.313 e. The van der Waals surface area contributed by atoms with Crippen LogP contribution in [0.1, 0.15) is 17.0 Å². The fraction of sp³-hybridized carbons (Fsp3) is 0.111. The molecule has 0 amide bonds. The Morgan fingerprint density at radius 2 is 2.00 bits per heavy atom. The van der Waals surface area contributed by atoms with Gasteiger partial charge in [0.15, 0.2) is 11.5 Å². The second kappa shape index (κ2) is 8.65. The molecule has 0 aliphatic rings. The van der Waals surface area contributed by atoms with E-state index in [9.17, 15) is 0 Å². The molecule has 0 spiro atoms. The molecule has 2 N–H and O–H groups in total. The van der Waals surface area contributed by atoms with Gasteiger partial charge in [-0.25, -0.2) is 0 Å². The Balaban J connectivity index is 1.80. The molecule has 0 atom stereocenters. The summed E-state index contributed by atoms with van der Waals surface area (Å²) in [6, 6.07) is 8.95. The number of nitrogens with zero attached hydrogens (tertiary/aromatic N) is 2. The van der Waals surface area contributed by atoms with Crippen LogP contribution in [0.4, 0.5) is 6.01 Å². The number of nitrogens with two attached hydrogens (primary N) is 1. The first kappa shape index (κ1) is 19.5. The Bertz CT molecular complexity index is 992. The largest absolute Gasteiger partial charge is 0.493 e. The van der Waals surface area contributed by atoms with Crippen molar-refractivity contribution < 1.29 is 13.9 Å². The topological polar surface area (TPSA) is 83.4 Å². The molecule has 0 aliphatic carbocycles. The van der Waals surface area contributed by atoms with Crippen LogP contribution >= 0.6 is 39.1 Å². The Morgan fingerprint density at radius 1 is 1.19 bits per heavy atom. The standard InChI is InChI=1S/C18H14BrCl2N3O3/c1-25-15-7-10(2-5-16-23-24-18(22)27-16)6-13(19)17(15)26-9-11-3-4-12(20)8-14(11)21/h2-8H,9H2,1H3,(H2,22,24)/b5-2+. The lowest BCUT2D eigenvalue weighted by Gasteiger charge is -2.14. The summed E-state index contributed by atoms with van der Waals surface area (Å²) < 4.78 is 17.2. The van der Waals surface area contributed by atoms with E-state index < -0.39 is 0 Å². The van der Waals surface area contributed by atoms with Crippen LogP contribution in [-0.2, 0) is 6.61 Å². The summed E-state index contributed by atoms with van der Waals surface area (Å²) in [6.07, 6.45) is 3.44. The van der Waals surface area contributed by atoms with E-state index in [2.05, 4.69) is 26.1 Å². The van der Waals surface area contributed by atoms with Gasteiger partial charge in [-0.15, -0.1) is 5.10 Å². The minimum absolute atomic E-state index is 0.0121. The van der Waals surface area contributed by atoms with E-state index in [0.717, 1.165) is 15.6 Å². The summed E-state index contributed by atoms with van der Waals surface area (Å²) in [7, 11) is 1.57. The van der Waals surface area contributed by atoms with Gasteiger partial charge in [-0.2, -0.15) is 0 Å². The molecule has 0 bridgehead atoms. The van der Waals surface area contributed by atoms with Gasteiger partial charge in [0.25, 0.3) is 0 Å². The lowest BCUT2D eigenvalue weighted by Crippen LogP contribution is -1.99. The van der Waals surface area contributed by atoms with Gasteiger partial charge in [-0.3, -0.25) is 0 Å². The maximum atomic E-state index is 6.19. The zero-order chi connectivity index (χ0) is 19.4. The summed E-state index contributed by atoms with van der Waals surface area (Å²) in [5.74, 6) is 1.42. The Morgan fingerprint density at radius 3 is 2.67 bits per heavy atom. The van der Waals surface area contributed by atoms with Crippen LogP contribution in [0.5, 0.6) is 11.5 Å². The lowest BCUT2D eigenvalue weighted by molar-refractivity contribution is 0.282. The lowest BCUT2D eigenvalue weighted by atomic mass is 10.2. The van der Waals surface area contributed by atoms with Gasteiger partial charge in [0.1, 0.15) is 6.61 Å². The molecule has 140 valence electrons. The number of rotatable bonds is 6. The minimum Gasteiger partial charge on any atom is -0.493 e. The molecule has 3 aromatic rings. The zero-order valence-corrected chi connectivity index (χ0v) is 17.2. The quantitative estimate of drug-likeness (QED) is 0.513. The van der Waals surface area contributed by atoms with Gasteiger partial charge >= 0.3 is 6.01 Å². The monoisotopic (exact) mass is 469 g/mol. The van der Waals surface area contributed by atoms with Gasteiger partial charge in [-0.05, 0) is 51.8 Å². The van der Waals surface area contributed by atoms with E-state index in [1.54, 1.807) is 31.4 Å².